The Balaban J connectivity index is 1.63. The van der Waals surface area contributed by atoms with Gasteiger partial charge in [0, 0.05) is 30.1 Å². The molecule has 0 unspecified atom stereocenters. The Hall–Kier alpha value is -4.60. The normalized spacial score (nSPS) is 18.6. The summed E-state index contributed by atoms with van der Waals surface area (Å²) >= 11 is 0. The van der Waals surface area contributed by atoms with E-state index in [1.54, 1.807) is 48.5 Å². The number of amides is 1. The highest BCUT2D eigenvalue weighted by Gasteiger charge is 2.41. The molecule has 7 nitrogen and oxygen atoms in total. The number of fused-ring (bicyclic) bond motifs is 1. The van der Waals surface area contributed by atoms with Crippen LogP contribution in [-0.2, 0) is 20.6 Å². The summed E-state index contributed by atoms with van der Waals surface area (Å²) in [4.78, 5) is 40.3. The van der Waals surface area contributed by atoms with Crippen LogP contribution in [0.25, 0.3) is 0 Å². The monoisotopic (exact) mass is 563 g/mol. The van der Waals surface area contributed by atoms with E-state index in [1.165, 1.54) is 24.1 Å². The van der Waals surface area contributed by atoms with Crippen LogP contribution in [0, 0.1) is 0 Å². The number of ketones is 1. The van der Waals surface area contributed by atoms with Crippen molar-refractivity contribution in [2.45, 2.75) is 43.8 Å². The molecule has 3 aromatic carbocycles. The van der Waals surface area contributed by atoms with Gasteiger partial charge in [-0.2, -0.15) is 13.2 Å². The topological polar surface area (TPSA) is 98.8 Å². The largest absolute Gasteiger partial charge is 0.550 e. The first-order valence-corrected chi connectivity index (χ1v) is 13.0. The molecule has 1 aliphatic heterocycles. The van der Waals surface area contributed by atoms with Gasteiger partial charge in [-0.25, -0.2) is 0 Å². The fourth-order valence-corrected chi connectivity index (χ4v) is 5.48. The number of allylic oxidation sites excluding steroid dienone is 1. The van der Waals surface area contributed by atoms with Crippen molar-refractivity contribution < 1.29 is 37.4 Å². The third-order valence-electron chi connectivity index (χ3n) is 7.44. The molecular formula is C31H26F3N2O5-. The van der Waals surface area contributed by atoms with Crippen molar-refractivity contribution in [1.82, 2.24) is 0 Å². The quantitative estimate of drug-likeness (QED) is 0.446. The summed E-state index contributed by atoms with van der Waals surface area (Å²) in [6.07, 6.45) is -4.96. The molecule has 1 amide bonds. The lowest BCUT2D eigenvalue weighted by atomic mass is 9.78. The van der Waals surface area contributed by atoms with E-state index >= 15 is 0 Å². The van der Waals surface area contributed by atoms with E-state index in [1.807, 2.05) is 0 Å². The average Bonchev–Trinajstić information content (AvgIpc) is 3.10. The molecule has 1 N–H and O–H groups in total. The standard InChI is InChI=1S/C31H27F3N2O5/c1-41-22-12-8-19(9-13-22)30-29-24(16-20(17-26(29)37)18-6-10-21(11-7-18)31(32,33)34)35-23-4-2-3-5-25(23)36(30)27(38)14-15-28(39)40/h2-13,20,30,35H,14-17H2,1H3,(H,39,40)/p-1/t20-,30+/m0/s1. The number of aliphatic carboxylic acids is 1. The van der Waals surface area contributed by atoms with Crippen molar-refractivity contribution in [3.8, 4) is 5.75 Å². The van der Waals surface area contributed by atoms with Gasteiger partial charge in [0.15, 0.2) is 5.78 Å². The van der Waals surface area contributed by atoms with Gasteiger partial charge in [0.2, 0.25) is 5.91 Å². The van der Waals surface area contributed by atoms with Crippen LogP contribution >= 0.6 is 0 Å². The van der Waals surface area contributed by atoms with Gasteiger partial charge in [-0.15, -0.1) is 0 Å². The molecule has 2 atom stereocenters. The fraction of sp³-hybridized carbons (Fsp3) is 0.258. The summed E-state index contributed by atoms with van der Waals surface area (Å²) < 4.78 is 44.7. The highest BCUT2D eigenvalue weighted by atomic mass is 19.4. The summed E-state index contributed by atoms with van der Waals surface area (Å²) in [6, 6.07) is 17.8. The van der Waals surface area contributed by atoms with Crippen LogP contribution in [0.1, 0.15) is 54.3 Å². The number of rotatable bonds is 6. The maximum absolute atomic E-state index is 13.9. The fourth-order valence-electron chi connectivity index (χ4n) is 5.48. The Morgan fingerprint density at radius 2 is 1.61 bits per heavy atom. The van der Waals surface area contributed by atoms with Crippen molar-refractivity contribution >= 4 is 29.0 Å². The number of methoxy groups -OCH3 is 1. The molecule has 2 aliphatic rings. The minimum atomic E-state index is -4.47. The zero-order chi connectivity index (χ0) is 29.3. The van der Waals surface area contributed by atoms with E-state index < -0.39 is 36.1 Å². The van der Waals surface area contributed by atoms with Crippen molar-refractivity contribution in [3.63, 3.8) is 0 Å². The van der Waals surface area contributed by atoms with Gasteiger partial charge in [-0.05, 0) is 66.3 Å². The summed E-state index contributed by atoms with van der Waals surface area (Å²) in [5.41, 5.74) is 2.34. The number of nitrogens with one attached hydrogen (secondary N) is 1. The van der Waals surface area contributed by atoms with Crippen molar-refractivity contribution in [2.24, 2.45) is 0 Å². The van der Waals surface area contributed by atoms with E-state index in [0.29, 0.717) is 45.9 Å². The number of anilines is 2. The van der Waals surface area contributed by atoms with Crippen molar-refractivity contribution in [1.29, 1.82) is 0 Å². The Morgan fingerprint density at radius 1 is 0.951 bits per heavy atom. The summed E-state index contributed by atoms with van der Waals surface area (Å²) in [7, 11) is 1.52. The molecule has 0 spiro atoms. The number of hydrogen-bond acceptors (Lipinski definition) is 6. The smallest absolute Gasteiger partial charge is 0.416 e. The van der Waals surface area contributed by atoms with E-state index in [4.69, 9.17) is 4.74 Å². The third kappa shape index (κ3) is 5.68. The third-order valence-corrected chi connectivity index (χ3v) is 7.44. The number of carbonyl (C=O) groups excluding carboxylic acids is 3. The number of nitrogens with zero attached hydrogens (tertiary/aromatic N) is 1. The highest BCUT2D eigenvalue weighted by Crippen LogP contribution is 2.48. The van der Waals surface area contributed by atoms with E-state index in [9.17, 15) is 32.7 Å². The SMILES string of the molecule is COc1ccc([C@@H]2C3=C(C[C@H](c4ccc(C(F)(F)F)cc4)CC3=O)Nc3ccccc3N2C(=O)CCC(=O)[O-])cc1. The van der Waals surface area contributed by atoms with E-state index in [2.05, 4.69) is 5.32 Å². The maximum Gasteiger partial charge on any atom is 0.416 e. The van der Waals surface area contributed by atoms with Crippen molar-refractivity contribution in [2.75, 3.05) is 17.3 Å². The predicted molar refractivity (Wildman–Crippen MR) is 143 cm³/mol. The Bertz CT molecular complexity index is 1510. The second-order valence-corrected chi connectivity index (χ2v) is 9.99. The molecule has 1 aliphatic carbocycles. The van der Waals surface area contributed by atoms with Crippen LogP contribution in [0.5, 0.6) is 5.75 Å². The number of carboxylic acids is 1. The van der Waals surface area contributed by atoms with Gasteiger partial charge in [-0.1, -0.05) is 36.4 Å². The van der Waals surface area contributed by atoms with Gasteiger partial charge in [-0.3, -0.25) is 14.5 Å². The lowest BCUT2D eigenvalue weighted by Gasteiger charge is -2.35. The predicted octanol–water partition coefficient (Wildman–Crippen LogP) is 5.14. The number of benzene rings is 3. The number of halogens is 3. The van der Waals surface area contributed by atoms with E-state index in [-0.39, 0.29) is 24.5 Å². The zero-order valence-electron chi connectivity index (χ0n) is 22.0. The molecule has 0 radical (unpaired) electrons. The molecule has 5 rings (SSSR count). The Labute approximate surface area is 234 Å². The van der Waals surface area contributed by atoms with E-state index in [0.717, 1.165) is 12.1 Å². The summed E-state index contributed by atoms with van der Waals surface area (Å²) in [5.74, 6) is -1.96. The first kappa shape index (κ1) is 27.9. The van der Waals surface area contributed by atoms with Gasteiger partial charge < -0.3 is 20.0 Å². The second kappa shape index (κ2) is 11.1. The number of Topliss-reactive ketones (excluding diaryl/α,β-unsaturated/α-hetero) is 1. The molecule has 41 heavy (non-hydrogen) atoms. The van der Waals surface area contributed by atoms with Crippen LogP contribution in [-0.4, -0.2) is 24.8 Å². The molecule has 0 fully saturated rings. The number of ether oxygens (including phenoxy) is 1. The van der Waals surface area contributed by atoms with Gasteiger partial charge in [0.1, 0.15) is 5.75 Å². The van der Waals surface area contributed by atoms with Gasteiger partial charge in [0.05, 0.1) is 30.1 Å². The highest BCUT2D eigenvalue weighted by molar-refractivity contribution is 6.06. The van der Waals surface area contributed by atoms with Crippen molar-refractivity contribution in [3.05, 3.63) is 101 Å². The van der Waals surface area contributed by atoms with Crippen LogP contribution in [0.2, 0.25) is 0 Å². The van der Waals surface area contributed by atoms with Crippen LogP contribution in [0.15, 0.2) is 84.1 Å². The number of carbonyl (C=O) groups is 3. The molecule has 3 aromatic rings. The Kier molecular flexibility index (Phi) is 7.57. The first-order chi connectivity index (χ1) is 19.6. The molecule has 0 aromatic heterocycles. The molecule has 10 heteroatoms. The summed E-state index contributed by atoms with van der Waals surface area (Å²) in [5, 5.41) is 14.5. The van der Waals surface area contributed by atoms with Crippen LogP contribution < -0.4 is 20.1 Å². The Morgan fingerprint density at radius 3 is 2.24 bits per heavy atom. The number of carboxylic acid groups (broad SMARTS) is 1. The number of alkyl halides is 3. The molecule has 0 saturated carbocycles. The maximum atomic E-state index is 13.9. The molecule has 212 valence electrons. The lowest BCUT2D eigenvalue weighted by molar-refractivity contribution is -0.305. The van der Waals surface area contributed by atoms with Crippen LogP contribution in [0.4, 0.5) is 24.5 Å². The molecule has 1 heterocycles. The zero-order valence-corrected chi connectivity index (χ0v) is 22.0. The van der Waals surface area contributed by atoms with Gasteiger partial charge >= 0.3 is 6.18 Å². The summed E-state index contributed by atoms with van der Waals surface area (Å²) in [6.45, 7) is 0. The number of hydrogen-bond donors (Lipinski definition) is 1. The minimum Gasteiger partial charge on any atom is -0.550 e. The average molecular weight is 564 g/mol. The minimum absolute atomic E-state index is 0.0238. The van der Waals surface area contributed by atoms with Crippen LogP contribution in [0.3, 0.4) is 0 Å². The number of para-hydroxylation sites is 2. The second-order valence-electron chi connectivity index (χ2n) is 9.99. The molecule has 0 bridgehead atoms. The first-order valence-electron chi connectivity index (χ1n) is 13.0. The lowest BCUT2D eigenvalue weighted by Crippen LogP contribution is -2.39. The molecule has 0 saturated heterocycles. The van der Waals surface area contributed by atoms with Gasteiger partial charge in [0.25, 0.3) is 0 Å². The molecular weight excluding hydrogens is 537 g/mol.